The molecule has 0 bridgehead atoms. The van der Waals surface area contributed by atoms with Gasteiger partial charge in [0.25, 0.3) is 11.8 Å². The maximum atomic E-state index is 12.8. The maximum Gasteiger partial charge on any atom is 0.267 e. The predicted molar refractivity (Wildman–Crippen MR) is 123 cm³/mol. The number of ether oxygens (including phenoxy) is 1. The van der Waals surface area contributed by atoms with Crippen molar-refractivity contribution >= 4 is 34.5 Å². The number of carbonyl (C=O) groups is 2. The Balaban J connectivity index is 1.51. The number of amides is 2. The molecule has 4 aromatic rings. The Kier molecular flexibility index (Phi) is 6.05. The Bertz CT molecular complexity index is 1220. The molecular weight excluding hydrogens is 410 g/mol. The fourth-order valence-corrected chi connectivity index (χ4v) is 3.78. The van der Waals surface area contributed by atoms with Gasteiger partial charge in [0.1, 0.15) is 15.6 Å². The average molecular weight is 430 g/mol. The highest BCUT2D eigenvalue weighted by Crippen LogP contribution is 2.26. The fraction of sp³-hybridized carbons (Fsp3) is 0.0417. The van der Waals surface area contributed by atoms with Gasteiger partial charge >= 0.3 is 0 Å². The third kappa shape index (κ3) is 4.79. The van der Waals surface area contributed by atoms with E-state index in [-0.39, 0.29) is 11.8 Å². The largest absolute Gasteiger partial charge is 0.497 e. The van der Waals surface area contributed by atoms with Crippen LogP contribution in [0, 0.1) is 0 Å². The second-order valence-corrected chi connectivity index (χ2v) is 7.61. The van der Waals surface area contributed by atoms with Crippen LogP contribution < -0.4 is 15.4 Å². The van der Waals surface area contributed by atoms with Gasteiger partial charge in [-0.25, -0.2) is 4.98 Å². The summed E-state index contributed by atoms with van der Waals surface area (Å²) in [5.74, 6) is -0.0152. The molecule has 0 fully saturated rings. The first-order valence-electron chi connectivity index (χ1n) is 9.51. The third-order valence-electron chi connectivity index (χ3n) is 4.50. The highest BCUT2D eigenvalue weighted by Gasteiger charge is 2.16. The second kappa shape index (κ2) is 9.23. The second-order valence-electron chi connectivity index (χ2n) is 6.58. The number of methoxy groups -OCH3 is 1. The van der Waals surface area contributed by atoms with E-state index in [4.69, 9.17) is 4.74 Å². The zero-order chi connectivity index (χ0) is 21.6. The van der Waals surface area contributed by atoms with Crippen LogP contribution in [0.4, 0.5) is 11.4 Å². The lowest BCUT2D eigenvalue weighted by Crippen LogP contribution is -2.17. The van der Waals surface area contributed by atoms with Crippen molar-refractivity contribution in [2.24, 2.45) is 0 Å². The van der Waals surface area contributed by atoms with E-state index in [0.29, 0.717) is 27.6 Å². The highest BCUT2D eigenvalue weighted by atomic mass is 32.1. The number of nitrogens with zero attached hydrogens (tertiary/aromatic N) is 1. The lowest BCUT2D eigenvalue weighted by Gasteiger charge is -2.11. The van der Waals surface area contributed by atoms with Crippen molar-refractivity contribution in [3.63, 3.8) is 0 Å². The summed E-state index contributed by atoms with van der Waals surface area (Å²) in [5.41, 5.74) is 2.32. The van der Waals surface area contributed by atoms with Gasteiger partial charge in [0.15, 0.2) is 0 Å². The van der Waals surface area contributed by atoms with Crippen LogP contribution in [0.15, 0.2) is 85.1 Å². The van der Waals surface area contributed by atoms with Gasteiger partial charge in [0.05, 0.1) is 24.6 Å². The van der Waals surface area contributed by atoms with Crippen molar-refractivity contribution in [1.29, 1.82) is 0 Å². The number of carbonyl (C=O) groups excluding carboxylic acids is 2. The smallest absolute Gasteiger partial charge is 0.267 e. The van der Waals surface area contributed by atoms with Crippen molar-refractivity contribution in [2.45, 2.75) is 0 Å². The van der Waals surface area contributed by atoms with E-state index in [0.717, 1.165) is 10.6 Å². The normalized spacial score (nSPS) is 10.4. The molecule has 0 saturated heterocycles. The lowest BCUT2D eigenvalue weighted by atomic mass is 10.1. The molecule has 0 spiro atoms. The van der Waals surface area contributed by atoms with Crippen LogP contribution in [0.25, 0.3) is 10.6 Å². The van der Waals surface area contributed by atoms with Crippen molar-refractivity contribution in [1.82, 2.24) is 4.98 Å². The first-order chi connectivity index (χ1) is 15.1. The van der Waals surface area contributed by atoms with Crippen molar-refractivity contribution in [3.8, 4) is 16.3 Å². The van der Waals surface area contributed by atoms with Crippen LogP contribution in [-0.4, -0.2) is 23.9 Å². The quantitative estimate of drug-likeness (QED) is 0.435. The predicted octanol–water partition coefficient (Wildman–Crippen LogP) is 5.32. The van der Waals surface area contributed by atoms with Crippen LogP contribution in [0.2, 0.25) is 0 Å². The van der Waals surface area contributed by atoms with Gasteiger partial charge < -0.3 is 15.4 Å². The number of thiazole rings is 1. The number of para-hydroxylation sites is 1. The number of nitrogens with one attached hydrogen (secondary N) is 2. The Morgan fingerprint density at radius 3 is 2.45 bits per heavy atom. The van der Waals surface area contributed by atoms with E-state index in [9.17, 15) is 9.59 Å². The molecule has 2 N–H and O–H groups in total. The van der Waals surface area contributed by atoms with Crippen LogP contribution >= 0.6 is 11.3 Å². The molecule has 6 nitrogen and oxygen atoms in total. The number of hydrogen-bond acceptors (Lipinski definition) is 5. The summed E-state index contributed by atoms with van der Waals surface area (Å²) < 4.78 is 5.19. The van der Waals surface area contributed by atoms with Gasteiger partial charge in [0, 0.05) is 17.3 Å². The monoisotopic (exact) mass is 429 g/mol. The number of anilines is 2. The van der Waals surface area contributed by atoms with E-state index in [2.05, 4.69) is 15.6 Å². The van der Waals surface area contributed by atoms with Gasteiger partial charge in [-0.15, -0.1) is 11.3 Å². The summed E-state index contributed by atoms with van der Waals surface area (Å²) in [6.45, 7) is 0. The zero-order valence-electron chi connectivity index (χ0n) is 16.7. The van der Waals surface area contributed by atoms with E-state index in [1.807, 2.05) is 30.3 Å². The zero-order valence-corrected chi connectivity index (χ0v) is 17.5. The molecule has 3 aromatic carbocycles. The van der Waals surface area contributed by atoms with E-state index in [1.54, 1.807) is 61.8 Å². The first-order valence-corrected chi connectivity index (χ1v) is 10.3. The molecule has 1 aromatic heterocycles. The molecule has 0 saturated carbocycles. The Labute approximate surface area is 183 Å². The topological polar surface area (TPSA) is 80.3 Å². The summed E-state index contributed by atoms with van der Waals surface area (Å²) in [5, 5.41) is 6.42. The van der Waals surface area contributed by atoms with Gasteiger partial charge in [0.2, 0.25) is 0 Å². The number of benzene rings is 3. The summed E-state index contributed by atoms with van der Waals surface area (Å²) in [4.78, 5) is 30.4. The minimum atomic E-state index is -0.335. The molecule has 0 unspecified atom stereocenters. The SMILES string of the molecule is COc1cccc(NC(=O)c2ccccc2NC(=O)c2cnc(-c3ccccc3)s2)c1. The number of hydrogen-bond donors (Lipinski definition) is 2. The summed E-state index contributed by atoms with van der Waals surface area (Å²) in [6.07, 6.45) is 1.54. The molecule has 7 heteroatoms. The molecule has 31 heavy (non-hydrogen) atoms. The average Bonchev–Trinajstić information content (AvgIpc) is 3.31. The molecule has 2 amide bonds. The molecule has 1 heterocycles. The minimum Gasteiger partial charge on any atom is -0.497 e. The van der Waals surface area contributed by atoms with Crippen LogP contribution in [0.3, 0.4) is 0 Å². The molecular formula is C24H19N3O3S. The summed E-state index contributed by atoms with van der Waals surface area (Å²) in [7, 11) is 1.56. The summed E-state index contributed by atoms with van der Waals surface area (Å²) >= 11 is 1.30. The first kappa shape index (κ1) is 20.3. The van der Waals surface area contributed by atoms with Crippen LogP contribution in [0.5, 0.6) is 5.75 Å². The van der Waals surface area contributed by atoms with Crippen LogP contribution in [0.1, 0.15) is 20.0 Å². The number of aromatic nitrogens is 1. The maximum absolute atomic E-state index is 12.8. The molecule has 0 atom stereocenters. The molecule has 4 rings (SSSR count). The molecule has 0 aliphatic heterocycles. The van der Waals surface area contributed by atoms with E-state index in [1.165, 1.54) is 11.3 Å². The molecule has 0 aliphatic rings. The molecule has 0 radical (unpaired) electrons. The number of rotatable bonds is 6. The van der Waals surface area contributed by atoms with Crippen molar-refractivity contribution in [3.05, 3.63) is 95.5 Å². The Hall–Kier alpha value is -3.97. The lowest BCUT2D eigenvalue weighted by molar-refractivity contribution is 0.102. The van der Waals surface area contributed by atoms with Gasteiger partial charge in [-0.3, -0.25) is 9.59 Å². The van der Waals surface area contributed by atoms with E-state index < -0.39 is 0 Å². The van der Waals surface area contributed by atoms with Crippen molar-refractivity contribution in [2.75, 3.05) is 17.7 Å². The highest BCUT2D eigenvalue weighted by molar-refractivity contribution is 7.17. The molecule has 0 aliphatic carbocycles. The van der Waals surface area contributed by atoms with Gasteiger partial charge in [-0.2, -0.15) is 0 Å². The van der Waals surface area contributed by atoms with Gasteiger partial charge in [-0.1, -0.05) is 48.5 Å². The molecule has 154 valence electrons. The Morgan fingerprint density at radius 2 is 1.65 bits per heavy atom. The third-order valence-corrected chi connectivity index (χ3v) is 5.54. The van der Waals surface area contributed by atoms with E-state index >= 15 is 0 Å². The standard InChI is InChI=1S/C24H19N3O3S/c1-30-18-11-7-10-17(14-18)26-22(28)19-12-5-6-13-20(19)27-23(29)21-15-25-24(31-21)16-8-3-2-4-9-16/h2-15H,1H3,(H,26,28)(H,27,29). The summed E-state index contributed by atoms with van der Waals surface area (Å²) in [6, 6.07) is 23.6. The Morgan fingerprint density at radius 1 is 0.871 bits per heavy atom. The van der Waals surface area contributed by atoms with Crippen LogP contribution in [-0.2, 0) is 0 Å². The fourth-order valence-electron chi connectivity index (χ4n) is 2.97. The van der Waals surface area contributed by atoms with Gasteiger partial charge in [-0.05, 0) is 24.3 Å². The minimum absolute atomic E-state index is 0.318. The van der Waals surface area contributed by atoms with Crippen molar-refractivity contribution < 1.29 is 14.3 Å².